The predicted molar refractivity (Wildman–Crippen MR) is 75.6 cm³/mol. The van der Waals surface area contributed by atoms with Crippen molar-refractivity contribution in [2.24, 2.45) is 4.36 Å². The summed E-state index contributed by atoms with van der Waals surface area (Å²) in [7, 11) is -0.626. The van der Waals surface area contributed by atoms with E-state index in [2.05, 4.69) is 4.36 Å². The van der Waals surface area contributed by atoms with Gasteiger partial charge in [0.1, 0.15) is 9.92 Å². The van der Waals surface area contributed by atoms with Crippen molar-refractivity contribution in [1.82, 2.24) is 4.31 Å². The van der Waals surface area contributed by atoms with Gasteiger partial charge in [-0.1, -0.05) is 0 Å². The summed E-state index contributed by atoms with van der Waals surface area (Å²) in [5.41, 5.74) is 6.36. The zero-order chi connectivity index (χ0) is 13.3. The molecule has 2 rings (SSSR count). The second kappa shape index (κ2) is 4.90. The summed E-state index contributed by atoms with van der Waals surface area (Å²) in [4.78, 5) is 0.750. The quantitative estimate of drug-likeness (QED) is 0.852. The van der Waals surface area contributed by atoms with Gasteiger partial charge >= 0.3 is 0 Å². The van der Waals surface area contributed by atoms with Crippen LogP contribution in [-0.2, 0) is 9.92 Å². The molecule has 1 atom stereocenters. The zero-order valence-electron chi connectivity index (χ0n) is 11.2. The summed E-state index contributed by atoms with van der Waals surface area (Å²) in [6.07, 6.45) is 2.11. The van der Waals surface area contributed by atoms with Gasteiger partial charge in [0.25, 0.3) is 0 Å². The normalized spacial score (nSPS) is 18.9. The van der Waals surface area contributed by atoms with E-state index in [-0.39, 0.29) is 12.1 Å². The molecule has 1 aromatic carbocycles. The molecule has 1 unspecified atom stereocenters. The molecule has 5 heteroatoms. The minimum atomic E-state index is -2.50. The maximum atomic E-state index is 13.2. The smallest absolute Gasteiger partial charge is 0.140 e. The van der Waals surface area contributed by atoms with E-state index in [0.717, 1.165) is 17.7 Å². The highest BCUT2D eigenvalue weighted by atomic mass is 32.2. The van der Waals surface area contributed by atoms with Crippen molar-refractivity contribution in [3.05, 3.63) is 24.3 Å². The Labute approximate surface area is 109 Å². The lowest BCUT2D eigenvalue weighted by Crippen LogP contribution is -2.33. The zero-order valence-corrected chi connectivity index (χ0v) is 12.0. The lowest BCUT2D eigenvalue weighted by molar-refractivity contribution is 0.436. The standard InChI is InChI=1S/C13H21N3OS/c1-10(2)16(3)18(17,15-12-6-7-12)13-8-4-11(14)5-9-13/h4-5,8-10,12H,6-7,14H2,1-3H3. The Morgan fingerprint density at radius 3 is 2.33 bits per heavy atom. The summed E-state index contributed by atoms with van der Waals surface area (Å²) in [6.45, 7) is 4.05. The van der Waals surface area contributed by atoms with Crippen LogP contribution in [0.4, 0.5) is 5.69 Å². The highest BCUT2D eigenvalue weighted by molar-refractivity contribution is 7.91. The Hall–Kier alpha value is -1.07. The molecule has 0 amide bonds. The molecule has 1 aliphatic rings. The van der Waals surface area contributed by atoms with Gasteiger partial charge in [-0.05, 0) is 51.0 Å². The first kappa shape index (κ1) is 13.4. The number of anilines is 1. The average Bonchev–Trinajstić information content (AvgIpc) is 3.12. The van der Waals surface area contributed by atoms with Gasteiger partial charge < -0.3 is 5.73 Å². The van der Waals surface area contributed by atoms with Crippen molar-refractivity contribution in [2.75, 3.05) is 12.8 Å². The number of hydrogen-bond donors (Lipinski definition) is 1. The Morgan fingerprint density at radius 1 is 1.33 bits per heavy atom. The van der Waals surface area contributed by atoms with Crippen LogP contribution in [0.5, 0.6) is 0 Å². The molecule has 0 aliphatic heterocycles. The number of nitrogens with two attached hydrogens (primary N) is 1. The molecule has 0 heterocycles. The van der Waals surface area contributed by atoms with Gasteiger partial charge in [-0.3, -0.25) is 0 Å². The van der Waals surface area contributed by atoms with Crippen molar-refractivity contribution in [3.63, 3.8) is 0 Å². The van der Waals surface area contributed by atoms with Crippen molar-refractivity contribution in [2.45, 2.75) is 43.7 Å². The fraction of sp³-hybridized carbons (Fsp3) is 0.538. The van der Waals surface area contributed by atoms with Crippen LogP contribution < -0.4 is 5.73 Å². The largest absolute Gasteiger partial charge is 0.399 e. The summed E-state index contributed by atoms with van der Waals surface area (Å²) >= 11 is 0. The molecule has 100 valence electrons. The van der Waals surface area contributed by atoms with Crippen LogP contribution in [0.1, 0.15) is 26.7 Å². The highest BCUT2D eigenvalue weighted by Gasteiger charge is 2.28. The number of nitrogen functional groups attached to an aromatic ring is 1. The Kier molecular flexibility index (Phi) is 3.64. The van der Waals surface area contributed by atoms with Gasteiger partial charge in [0.2, 0.25) is 0 Å². The SMILES string of the molecule is CC(C)N(C)S(=O)(=NC1CC1)c1ccc(N)cc1. The number of rotatable bonds is 4. The highest BCUT2D eigenvalue weighted by Crippen LogP contribution is 2.30. The molecule has 0 spiro atoms. The topological polar surface area (TPSA) is 58.7 Å². The summed E-state index contributed by atoms with van der Waals surface area (Å²) in [6, 6.07) is 7.65. The Bertz CT molecular complexity index is 526. The minimum Gasteiger partial charge on any atom is -0.399 e. The molecule has 0 saturated heterocycles. The molecule has 0 bridgehead atoms. The fourth-order valence-corrected chi connectivity index (χ4v) is 3.89. The van der Waals surface area contributed by atoms with E-state index < -0.39 is 9.92 Å². The van der Waals surface area contributed by atoms with Gasteiger partial charge in [-0.2, -0.15) is 0 Å². The summed E-state index contributed by atoms with van der Waals surface area (Å²) in [5.74, 6) is 0. The van der Waals surface area contributed by atoms with Gasteiger partial charge in [-0.15, -0.1) is 0 Å². The molecule has 1 aromatic rings. The maximum Gasteiger partial charge on any atom is 0.140 e. The second-order valence-electron chi connectivity index (χ2n) is 5.04. The third-order valence-electron chi connectivity index (χ3n) is 3.14. The predicted octanol–water partition coefficient (Wildman–Crippen LogP) is 2.51. The molecular formula is C13H21N3OS. The maximum absolute atomic E-state index is 13.2. The van der Waals surface area contributed by atoms with Crippen molar-refractivity contribution >= 4 is 15.6 Å². The molecule has 0 radical (unpaired) electrons. The van der Waals surface area contributed by atoms with Gasteiger partial charge in [0, 0.05) is 18.8 Å². The second-order valence-corrected chi connectivity index (χ2v) is 7.29. The monoisotopic (exact) mass is 267 g/mol. The van der Waals surface area contributed by atoms with E-state index >= 15 is 0 Å². The number of nitrogens with zero attached hydrogens (tertiary/aromatic N) is 2. The van der Waals surface area contributed by atoms with Gasteiger partial charge in [-0.25, -0.2) is 12.9 Å². The third-order valence-corrected chi connectivity index (χ3v) is 5.82. The summed E-state index contributed by atoms with van der Waals surface area (Å²) < 4.78 is 19.6. The lowest BCUT2D eigenvalue weighted by atomic mass is 10.3. The average molecular weight is 267 g/mol. The molecule has 1 fully saturated rings. The first-order chi connectivity index (χ1) is 8.43. The number of benzene rings is 1. The van der Waals surface area contributed by atoms with Crippen LogP contribution in [0.2, 0.25) is 0 Å². The minimum absolute atomic E-state index is 0.178. The lowest BCUT2D eigenvalue weighted by Gasteiger charge is -2.25. The van der Waals surface area contributed by atoms with E-state index in [1.54, 1.807) is 12.1 Å². The van der Waals surface area contributed by atoms with Crippen LogP contribution in [-0.4, -0.2) is 27.6 Å². The molecule has 1 aliphatic carbocycles. The number of hydrogen-bond acceptors (Lipinski definition) is 3. The first-order valence-electron chi connectivity index (χ1n) is 6.28. The third kappa shape index (κ3) is 2.67. The van der Waals surface area contributed by atoms with E-state index in [1.165, 1.54) is 0 Å². The van der Waals surface area contributed by atoms with Crippen LogP contribution in [0.15, 0.2) is 33.5 Å². The van der Waals surface area contributed by atoms with Crippen LogP contribution in [0.25, 0.3) is 0 Å². The molecule has 2 N–H and O–H groups in total. The van der Waals surface area contributed by atoms with E-state index in [0.29, 0.717) is 5.69 Å². The van der Waals surface area contributed by atoms with Gasteiger partial charge in [0.15, 0.2) is 0 Å². The van der Waals surface area contributed by atoms with E-state index in [1.807, 2.05) is 37.3 Å². The van der Waals surface area contributed by atoms with Crippen molar-refractivity contribution in [1.29, 1.82) is 0 Å². The first-order valence-corrected chi connectivity index (χ1v) is 7.75. The Balaban J connectivity index is 2.48. The van der Waals surface area contributed by atoms with Gasteiger partial charge in [0.05, 0.1) is 10.9 Å². The molecule has 18 heavy (non-hydrogen) atoms. The van der Waals surface area contributed by atoms with Crippen LogP contribution in [0.3, 0.4) is 0 Å². The fourth-order valence-electron chi connectivity index (χ4n) is 1.61. The van der Waals surface area contributed by atoms with Crippen LogP contribution >= 0.6 is 0 Å². The van der Waals surface area contributed by atoms with E-state index in [9.17, 15) is 4.21 Å². The molecule has 0 aromatic heterocycles. The van der Waals surface area contributed by atoms with E-state index in [4.69, 9.17) is 5.73 Å². The molecular weight excluding hydrogens is 246 g/mol. The van der Waals surface area contributed by atoms with Crippen LogP contribution in [0, 0.1) is 0 Å². The Morgan fingerprint density at radius 2 is 1.89 bits per heavy atom. The molecule has 4 nitrogen and oxygen atoms in total. The summed E-state index contributed by atoms with van der Waals surface area (Å²) in [5, 5.41) is 0. The van der Waals surface area contributed by atoms with Crippen molar-refractivity contribution < 1.29 is 4.21 Å². The molecule has 1 saturated carbocycles. The van der Waals surface area contributed by atoms with Crippen molar-refractivity contribution in [3.8, 4) is 0 Å².